The van der Waals surface area contributed by atoms with Crippen LogP contribution in [-0.2, 0) is 9.59 Å². The smallest absolute Gasteiger partial charge is 0.183 e. The standard InChI is InChI=1S/C11H17NO2/c1-4-11(12(5-2)6-3)9(13)7-8-10(11)14/h7-8H,4-6H2,1-3H3. The van der Waals surface area contributed by atoms with Crippen molar-refractivity contribution in [3.8, 4) is 0 Å². The van der Waals surface area contributed by atoms with Gasteiger partial charge in [0.2, 0.25) is 0 Å². The minimum absolute atomic E-state index is 0.0614. The molecule has 14 heavy (non-hydrogen) atoms. The van der Waals surface area contributed by atoms with Gasteiger partial charge in [-0.1, -0.05) is 20.8 Å². The van der Waals surface area contributed by atoms with Crippen molar-refractivity contribution in [2.24, 2.45) is 0 Å². The van der Waals surface area contributed by atoms with Crippen LogP contribution in [0.15, 0.2) is 12.2 Å². The van der Waals surface area contributed by atoms with E-state index in [1.54, 1.807) is 0 Å². The predicted molar refractivity (Wildman–Crippen MR) is 55.1 cm³/mol. The lowest BCUT2D eigenvalue weighted by atomic mass is 9.88. The van der Waals surface area contributed by atoms with E-state index in [9.17, 15) is 9.59 Å². The maximum absolute atomic E-state index is 11.7. The molecule has 0 spiro atoms. The monoisotopic (exact) mass is 195 g/mol. The van der Waals surface area contributed by atoms with Crippen LogP contribution >= 0.6 is 0 Å². The van der Waals surface area contributed by atoms with Crippen LogP contribution in [0.2, 0.25) is 0 Å². The van der Waals surface area contributed by atoms with Gasteiger partial charge in [-0.25, -0.2) is 0 Å². The summed E-state index contributed by atoms with van der Waals surface area (Å²) >= 11 is 0. The highest BCUT2D eigenvalue weighted by molar-refractivity contribution is 6.26. The Hall–Kier alpha value is -0.960. The summed E-state index contributed by atoms with van der Waals surface area (Å²) in [5.41, 5.74) is -0.885. The Kier molecular flexibility index (Phi) is 3.21. The first-order valence-corrected chi connectivity index (χ1v) is 5.15. The lowest BCUT2D eigenvalue weighted by Gasteiger charge is -2.36. The number of ketones is 2. The third kappa shape index (κ3) is 1.32. The van der Waals surface area contributed by atoms with Gasteiger partial charge in [-0.3, -0.25) is 14.5 Å². The molecular weight excluding hydrogens is 178 g/mol. The Bertz CT molecular complexity index is 259. The third-order valence-corrected chi connectivity index (χ3v) is 3.02. The molecule has 3 heteroatoms. The molecule has 0 aromatic rings. The van der Waals surface area contributed by atoms with Crippen molar-refractivity contribution >= 4 is 11.6 Å². The summed E-state index contributed by atoms with van der Waals surface area (Å²) in [4.78, 5) is 25.4. The first kappa shape index (κ1) is 11.1. The molecular formula is C11H17NO2. The second kappa shape index (κ2) is 4.05. The lowest BCUT2D eigenvalue weighted by molar-refractivity contribution is -0.136. The van der Waals surface area contributed by atoms with Crippen LogP contribution in [0.3, 0.4) is 0 Å². The van der Waals surface area contributed by atoms with Gasteiger partial charge in [-0.15, -0.1) is 0 Å². The first-order valence-electron chi connectivity index (χ1n) is 5.15. The Labute approximate surface area is 84.8 Å². The molecule has 0 saturated heterocycles. The predicted octanol–water partition coefficient (Wildman–Crippen LogP) is 1.18. The Morgan fingerprint density at radius 1 is 1.07 bits per heavy atom. The van der Waals surface area contributed by atoms with Gasteiger partial charge < -0.3 is 0 Å². The average Bonchev–Trinajstić information content (AvgIpc) is 2.48. The molecule has 1 aliphatic carbocycles. The molecule has 1 rings (SSSR count). The van der Waals surface area contributed by atoms with E-state index in [1.807, 2.05) is 25.7 Å². The van der Waals surface area contributed by atoms with Crippen LogP contribution in [0.4, 0.5) is 0 Å². The molecule has 0 amide bonds. The van der Waals surface area contributed by atoms with Crippen molar-refractivity contribution in [2.45, 2.75) is 32.7 Å². The van der Waals surface area contributed by atoms with Crippen molar-refractivity contribution in [2.75, 3.05) is 13.1 Å². The molecule has 0 radical (unpaired) electrons. The molecule has 0 saturated carbocycles. The first-order chi connectivity index (χ1) is 6.63. The van der Waals surface area contributed by atoms with Gasteiger partial charge in [-0.05, 0) is 31.7 Å². The van der Waals surface area contributed by atoms with Crippen LogP contribution in [0, 0.1) is 0 Å². The maximum atomic E-state index is 11.7. The Morgan fingerprint density at radius 3 is 1.79 bits per heavy atom. The van der Waals surface area contributed by atoms with Crippen molar-refractivity contribution in [3.05, 3.63) is 12.2 Å². The molecule has 0 unspecified atom stereocenters. The second-order valence-electron chi connectivity index (χ2n) is 3.45. The largest absolute Gasteiger partial charge is 0.292 e. The minimum Gasteiger partial charge on any atom is -0.292 e. The maximum Gasteiger partial charge on any atom is 0.183 e. The number of likely N-dealkylation sites (N-methyl/N-ethyl adjacent to an activating group) is 1. The SMILES string of the molecule is CCN(CC)C1(CC)C(=O)C=CC1=O. The van der Waals surface area contributed by atoms with Crippen LogP contribution < -0.4 is 0 Å². The van der Waals surface area contributed by atoms with E-state index < -0.39 is 5.54 Å². The Balaban J connectivity index is 3.08. The van der Waals surface area contributed by atoms with Crippen molar-refractivity contribution in [1.82, 2.24) is 4.90 Å². The van der Waals surface area contributed by atoms with E-state index in [2.05, 4.69) is 0 Å². The van der Waals surface area contributed by atoms with Gasteiger partial charge in [0.05, 0.1) is 0 Å². The minimum atomic E-state index is -0.885. The number of carbonyl (C=O) groups excluding carboxylic acids is 2. The van der Waals surface area contributed by atoms with E-state index >= 15 is 0 Å². The summed E-state index contributed by atoms with van der Waals surface area (Å²) in [6, 6.07) is 0. The van der Waals surface area contributed by atoms with Gasteiger partial charge in [0.15, 0.2) is 11.6 Å². The molecule has 0 N–H and O–H groups in total. The fourth-order valence-corrected chi connectivity index (χ4v) is 2.20. The summed E-state index contributed by atoms with van der Waals surface area (Å²) in [7, 11) is 0. The van der Waals surface area contributed by atoms with Gasteiger partial charge in [0.25, 0.3) is 0 Å². The fourth-order valence-electron chi connectivity index (χ4n) is 2.20. The fraction of sp³-hybridized carbons (Fsp3) is 0.636. The van der Waals surface area contributed by atoms with E-state index in [-0.39, 0.29) is 11.6 Å². The topological polar surface area (TPSA) is 37.4 Å². The van der Waals surface area contributed by atoms with Crippen LogP contribution in [0.1, 0.15) is 27.2 Å². The van der Waals surface area contributed by atoms with E-state index in [4.69, 9.17) is 0 Å². The van der Waals surface area contributed by atoms with Crippen molar-refractivity contribution in [3.63, 3.8) is 0 Å². The zero-order chi connectivity index (χ0) is 10.8. The van der Waals surface area contributed by atoms with Gasteiger partial charge in [0, 0.05) is 0 Å². The molecule has 0 aromatic heterocycles. The second-order valence-corrected chi connectivity index (χ2v) is 3.45. The van der Waals surface area contributed by atoms with E-state index in [1.165, 1.54) is 12.2 Å². The van der Waals surface area contributed by atoms with Gasteiger partial charge in [0.1, 0.15) is 5.54 Å². The summed E-state index contributed by atoms with van der Waals surface area (Å²) < 4.78 is 0. The highest BCUT2D eigenvalue weighted by Gasteiger charge is 2.48. The molecule has 78 valence electrons. The molecule has 0 aromatic carbocycles. The molecule has 0 atom stereocenters. The molecule has 0 bridgehead atoms. The van der Waals surface area contributed by atoms with Crippen molar-refractivity contribution in [1.29, 1.82) is 0 Å². The van der Waals surface area contributed by atoms with Crippen LogP contribution in [0.25, 0.3) is 0 Å². The highest BCUT2D eigenvalue weighted by Crippen LogP contribution is 2.27. The Morgan fingerprint density at radius 2 is 1.50 bits per heavy atom. The van der Waals surface area contributed by atoms with Crippen LogP contribution in [-0.4, -0.2) is 35.1 Å². The van der Waals surface area contributed by atoms with E-state index in [0.29, 0.717) is 6.42 Å². The number of rotatable bonds is 4. The lowest BCUT2D eigenvalue weighted by Crippen LogP contribution is -2.56. The number of nitrogens with zero attached hydrogens (tertiary/aromatic N) is 1. The zero-order valence-corrected chi connectivity index (χ0v) is 9.04. The molecule has 0 fully saturated rings. The molecule has 0 aliphatic heterocycles. The number of hydrogen-bond acceptors (Lipinski definition) is 3. The summed E-state index contributed by atoms with van der Waals surface area (Å²) in [5.74, 6) is -0.123. The number of hydrogen-bond donors (Lipinski definition) is 0. The number of carbonyl (C=O) groups is 2. The zero-order valence-electron chi connectivity index (χ0n) is 9.04. The van der Waals surface area contributed by atoms with E-state index in [0.717, 1.165) is 13.1 Å². The van der Waals surface area contributed by atoms with Gasteiger partial charge in [-0.2, -0.15) is 0 Å². The molecule has 0 heterocycles. The summed E-state index contributed by atoms with van der Waals surface area (Å²) in [6.07, 6.45) is 3.37. The quantitative estimate of drug-likeness (QED) is 0.632. The third-order valence-electron chi connectivity index (χ3n) is 3.02. The van der Waals surface area contributed by atoms with Crippen molar-refractivity contribution < 1.29 is 9.59 Å². The molecule has 1 aliphatic rings. The normalized spacial score (nSPS) is 19.7. The molecule has 3 nitrogen and oxygen atoms in total. The summed E-state index contributed by atoms with van der Waals surface area (Å²) in [6.45, 7) is 7.29. The van der Waals surface area contributed by atoms with Gasteiger partial charge >= 0.3 is 0 Å². The summed E-state index contributed by atoms with van der Waals surface area (Å²) in [5, 5.41) is 0. The highest BCUT2D eigenvalue weighted by atomic mass is 16.2. The average molecular weight is 195 g/mol. The van der Waals surface area contributed by atoms with Crippen LogP contribution in [0.5, 0.6) is 0 Å².